The Balaban J connectivity index is 1.80. The topological polar surface area (TPSA) is 93.3 Å². The lowest BCUT2D eigenvalue weighted by atomic mass is 10.1. The van der Waals surface area contributed by atoms with Gasteiger partial charge in [-0.3, -0.25) is 0 Å². The molecule has 0 spiro atoms. The molecule has 7 heteroatoms. The van der Waals surface area contributed by atoms with Gasteiger partial charge >= 0.3 is 0 Å². The van der Waals surface area contributed by atoms with Crippen molar-refractivity contribution in [2.24, 2.45) is 0 Å². The van der Waals surface area contributed by atoms with Crippen molar-refractivity contribution < 1.29 is 14.9 Å². The Morgan fingerprint density at radius 1 is 0.923 bits per heavy atom. The number of hydrogen-bond acceptors (Lipinski definition) is 6. The van der Waals surface area contributed by atoms with Crippen LogP contribution in [-0.4, -0.2) is 48.8 Å². The van der Waals surface area contributed by atoms with Gasteiger partial charge in [0, 0.05) is 0 Å². The third-order valence-corrected chi connectivity index (χ3v) is 4.62. The fourth-order valence-electron chi connectivity index (χ4n) is 3.30. The number of benzene rings is 2. The van der Waals surface area contributed by atoms with Crippen LogP contribution in [0.15, 0.2) is 54.6 Å². The van der Waals surface area contributed by atoms with Crippen LogP contribution >= 0.6 is 0 Å². The van der Waals surface area contributed by atoms with E-state index in [2.05, 4.69) is 5.10 Å². The lowest BCUT2D eigenvalue weighted by Crippen LogP contribution is -2.25. The van der Waals surface area contributed by atoms with E-state index in [1.165, 1.54) is 0 Å². The first-order valence-electron chi connectivity index (χ1n) is 8.41. The third kappa shape index (κ3) is 2.29. The zero-order valence-corrected chi connectivity index (χ0v) is 13.7. The molecule has 2 aromatic carbocycles. The number of nitrogens with zero attached hydrogens (tertiary/aromatic N) is 4. The van der Waals surface area contributed by atoms with Gasteiger partial charge in [0.1, 0.15) is 29.5 Å². The lowest BCUT2D eigenvalue weighted by Gasteiger charge is -2.12. The molecule has 2 N–H and O–H groups in total. The largest absolute Gasteiger partial charge is 0.388 e. The highest BCUT2D eigenvalue weighted by Gasteiger charge is 2.39. The molecule has 1 fully saturated rings. The average Bonchev–Trinajstić information content (AvgIpc) is 3.21. The first-order chi connectivity index (χ1) is 12.7. The van der Waals surface area contributed by atoms with Gasteiger partial charge in [-0.15, -0.1) is 0 Å². The normalized spacial score (nSPS) is 23.1. The summed E-state index contributed by atoms with van der Waals surface area (Å²) in [6, 6.07) is 17.2. The molecule has 4 aromatic rings. The number of hydrogen-bond donors (Lipinski definition) is 2. The van der Waals surface area contributed by atoms with Gasteiger partial charge in [0.15, 0.2) is 5.65 Å². The third-order valence-electron chi connectivity index (χ3n) is 4.62. The number of ether oxygens (including phenoxy) is 1. The second kappa shape index (κ2) is 5.84. The van der Waals surface area contributed by atoms with Crippen molar-refractivity contribution in [2.75, 3.05) is 6.61 Å². The van der Waals surface area contributed by atoms with E-state index in [4.69, 9.17) is 14.7 Å². The summed E-state index contributed by atoms with van der Waals surface area (Å²) in [5.41, 5.74) is 3.96. The summed E-state index contributed by atoms with van der Waals surface area (Å²) in [5, 5.41) is 24.8. The molecule has 1 saturated heterocycles. The molecule has 3 atom stereocenters. The van der Waals surface area contributed by atoms with E-state index in [0.717, 1.165) is 16.7 Å². The van der Waals surface area contributed by atoms with E-state index in [-0.39, 0.29) is 6.61 Å². The molecule has 0 bridgehead atoms. The monoisotopic (exact) mass is 348 g/mol. The number of para-hydroxylation sites is 3. The minimum Gasteiger partial charge on any atom is -0.388 e. The van der Waals surface area contributed by atoms with Crippen molar-refractivity contribution in [3.05, 3.63) is 60.3 Å². The molecule has 0 unspecified atom stereocenters. The fraction of sp³-hybridized carbons (Fsp3) is 0.211. The van der Waals surface area contributed by atoms with Crippen LogP contribution in [0, 0.1) is 0 Å². The second-order valence-corrected chi connectivity index (χ2v) is 6.33. The molecule has 1 aliphatic heterocycles. The van der Waals surface area contributed by atoms with Crippen molar-refractivity contribution in [2.45, 2.75) is 18.3 Å². The number of aromatic nitrogens is 4. The molecule has 0 aliphatic carbocycles. The van der Waals surface area contributed by atoms with Crippen molar-refractivity contribution in [3.63, 3.8) is 0 Å². The molecule has 0 saturated carbocycles. The summed E-state index contributed by atoms with van der Waals surface area (Å²) < 4.78 is 7.29. The van der Waals surface area contributed by atoms with Gasteiger partial charge in [0.25, 0.3) is 0 Å². The predicted molar refractivity (Wildman–Crippen MR) is 94.9 cm³/mol. The van der Waals surface area contributed by atoms with E-state index in [9.17, 15) is 10.2 Å². The summed E-state index contributed by atoms with van der Waals surface area (Å²) in [5.74, 6) is 0. The summed E-state index contributed by atoms with van der Waals surface area (Å²) in [4.78, 5) is 9.44. The SMILES string of the molecule is O[C@@H]1[C@H](O)CO[C@@H]1c1nn(-c2ccccc2)c2nc3ccccc3nc12. The average molecular weight is 348 g/mol. The maximum atomic E-state index is 10.3. The number of aliphatic hydroxyl groups is 2. The number of fused-ring (bicyclic) bond motifs is 2. The first kappa shape index (κ1) is 15.4. The Morgan fingerprint density at radius 2 is 1.62 bits per heavy atom. The highest BCUT2D eigenvalue weighted by molar-refractivity contribution is 5.86. The smallest absolute Gasteiger partial charge is 0.182 e. The minimum atomic E-state index is -1.05. The molecule has 3 heterocycles. The Morgan fingerprint density at radius 3 is 2.31 bits per heavy atom. The van der Waals surface area contributed by atoms with Gasteiger partial charge in [-0.2, -0.15) is 5.10 Å². The highest BCUT2D eigenvalue weighted by atomic mass is 16.5. The Bertz CT molecular complexity index is 1100. The zero-order valence-electron chi connectivity index (χ0n) is 13.7. The molecular weight excluding hydrogens is 332 g/mol. The second-order valence-electron chi connectivity index (χ2n) is 6.33. The van der Waals surface area contributed by atoms with E-state index in [1.807, 2.05) is 54.6 Å². The molecule has 130 valence electrons. The maximum Gasteiger partial charge on any atom is 0.182 e. The summed E-state index contributed by atoms with van der Waals surface area (Å²) >= 11 is 0. The molecule has 7 nitrogen and oxygen atoms in total. The quantitative estimate of drug-likeness (QED) is 0.573. The van der Waals surface area contributed by atoms with Crippen molar-refractivity contribution in [3.8, 4) is 5.69 Å². The summed E-state index contributed by atoms with van der Waals surface area (Å²) in [6.07, 6.45) is -2.73. The van der Waals surface area contributed by atoms with Gasteiger partial charge in [-0.05, 0) is 24.3 Å². The predicted octanol–water partition coefficient (Wildman–Crippen LogP) is 1.76. The van der Waals surface area contributed by atoms with Crippen molar-refractivity contribution >= 4 is 22.2 Å². The van der Waals surface area contributed by atoms with Crippen molar-refractivity contribution in [1.82, 2.24) is 19.7 Å². The molecule has 5 rings (SSSR count). The number of rotatable bonds is 2. The maximum absolute atomic E-state index is 10.3. The summed E-state index contributed by atoms with van der Waals surface area (Å²) in [7, 11) is 0. The summed E-state index contributed by atoms with van der Waals surface area (Å²) in [6.45, 7) is 0.0620. The first-order valence-corrected chi connectivity index (χ1v) is 8.41. The number of aliphatic hydroxyl groups excluding tert-OH is 2. The molecule has 0 amide bonds. The van der Waals surface area contributed by atoms with Crippen LogP contribution < -0.4 is 0 Å². The van der Waals surface area contributed by atoms with E-state index in [0.29, 0.717) is 16.9 Å². The van der Waals surface area contributed by atoms with Crippen LogP contribution in [0.4, 0.5) is 0 Å². The van der Waals surface area contributed by atoms with Gasteiger partial charge in [0.2, 0.25) is 0 Å². The van der Waals surface area contributed by atoms with Crippen molar-refractivity contribution in [1.29, 1.82) is 0 Å². The molecule has 1 aliphatic rings. The Labute approximate surface area is 148 Å². The zero-order chi connectivity index (χ0) is 17.7. The lowest BCUT2D eigenvalue weighted by molar-refractivity contribution is 0.0209. The minimum absolute atomic E-state index is 0.0620. The Hall–Kier alpha value is -2.87. The van der Waals surface area contributed by atoms with Gasteiger partial charge in [-0.1, -0.05) is 30.3 Å². The molecular formula is C19H16N4O3. The van der Waals surface area contributed by atoms with Crippen LogP contribution in [-0.2, 0) is 4.74 Å². The fourth-order valence-corrected chi connectivity index (χ4v) is 3.30. The van der Waals surface area contributed by atoms with Crippen LogP contribution in [0.25, 0.3) is 27.9 Å². The van der Waals surface area contributed by atoms with Crippen LogP contribution in [0.1, 0.15) is 11.8 Å². The van der Waals surface area contributed by atoms with Gasteiger partial charge in [-0.25, -0.2) is 14.6 Å². The standard InChI is InChI=1S/C19H16N4O3/c24-14-10-26-18(17(14)25)15-16-19(21-13-9-5-4-8-12(13)20-16)23(22-15)11-6-2-1-3-7-11/h1-9,14,17-18,24-25H,10H2/t14-,17-,18-/m1/s1. The molecule has 2 aromatic heterocycles. The van der Waals surface area contributed by atoms with Crippen LogP contribution in [0.5, 0.6) is 0 Å². The molecule has 26 heavy (non-hydrogen) atoms. The van der Waals surface area contributed by atoms with Gasteiger partial charge in [0.05, 0.1) is 23.3 Å². The van der Waals surface area contributed by atoms with Crippen LogP contribution in [0.3, 0.4) is 0 Å². The van der Waals surface area contributed by atoms with E-state index in [1.54, 1.807) is 4.68 Å². The van der Waals surface area contributed by atoms with E-state index >= 15 is 0 Å². The van der Waals surface area contributed by atoms with Crippen LogP contribution in [0.2, 0.25) is 0 Å². The van der Waals surface area contributed by atoms with E-state index < -0.39 is 18.3 Å². The molecule has 0 radical (unpaired) electrons. The Kier molecular flexibility index (Phi) is 3.46. The van der Waals surface area contributed by atoms with Gasteiger partial charge < -0.3 is 14.9 Å². The highest BCUT2D eigenvalue weighted by Crippen LogP contribution is 2.33.